The average Bonchev–Trinajstić information content (AvgIpc) is 2.43. The highest BCUT2D eigenvalue weighted by Gasteiger charge is 2.02. The van der Waals surface area contributed by atoms with Crippen LogP contribution in [-0.4, -0.2) is 20.1 Å². The summed E-state index contributed by atoms with van der Waals surface area (Å²) in [6.45, 7) is 2.44. The summed E-state index contributed by atoms with van der Waals surface area (Å²) in [5.41, 5.74) is 6.30. The number of hydrogen-bond donors (Lipinski definition) is 1. The Morgan fingerprint density at radius 1 is 1.50 bits per heavy atom. The summed E-state index contributed by atoms with van der Waals surface area (Å²) in [5.74, 6) is 0. The van der Waals surface area contributed by atoms with Crippen LogP contribution in [0.25, 0.3) is 4.96 Å². The van der Waals surface area contributed by atoms with Gasteiger partial charge in [0.05, 0.1) is 11.9 Å². The van der Waals surface area contributed by atoms with Crippen molar-refractivity contribution in [3.8, 4) is 0 Å². The molecule has 0 saturated heterocycles. The second-order valence-corrected chi connectivity index (χ2v) is 3.44. The van der Waals surface area contributed by atoms with Crippen LogP contribution in [-0.2, 0) is 6.54 Å². The minimum Gasteiger partial charge on any atom is -0.412 e. The molecule has 0 spiro atoms. The molecule has 0 aliphatic rings. The first-order chi connectivity index (χ1) is 5.29. The summed E-state index contributed by atoms with van der Waals surface area (Å²) in [4.78, 5) is 5.17. The molecule has 0 unspecified atom stereocenters. The van der Waals surface area contributed by atoms with Crippen molar-refractivity contribution in [2.75, 3.05) is 0 Å². The third kappa shape index (κ3) is 2.79. The Kier molecular flexibility index (Phi) is 7.05. The predicted octanol–water partition coefficient (Wildman–Crippen LogP) is 0.577. The molecule has 82 valence electrons. The smallest absolute Gasteiger partial charge is 0.212 e. The zero-order valence-electron chi connectivity index (χ0n) is 7.43. The Morgan fingerprint density at radius 2 is 2.14 bits per heavy atom. The summed E-state index contributed by atoms with van der Waals surface area (Å²) in [5, 5.41) is 5.22. The molecular weight excluding hydrogens is 247 g/mol. The summed E-state index contributed by atoms with van der Waals surface area (Å²) in [6.07, 6.45) is 1.86. The molecular formula is C6H12Cl2N4OS. The largest absolute Gasteiger partial charge is 0.412 e. The molecule has 0 aliphatic heterocycles. The molecule has 0 saturated carbocycles. The van der Waals surface area contributed by atoms with Crippen molar-refractivity contribution in [1.82, 2.24) is 14.6 Å². The van der Waals surface area contributed by atoms with Gasteiger partial charge in [-0.1, -0.05) is 11.3 Å². The van der Waals surface area contributed by atoms with Crippen molar-refractivity contribution in [3.05, 3.63) is 16.9 Å². The number of nitrogens with zero attached hydrogens (tertiary/aromatic N) is 3. The Morgan fingerprint density at radius 3 is 2.64 bits per heavy atom. The minimum absolute atomic E-state index is 0. The number of nitrogens with two attached hydrogens (primary N) is 1. The third-order valence-electron chi connectivity index (χ3n) is 1.40. The molecule has 4 N–H and O–H groups in total. The Hall–Kier alpha value is -0.400. The van der Waals surface area contributed by atoms with E-state index in [0.717, 1.165) is 15.7 Å². The van der Waals surface area contributed by atoms with E-state index in [0.29, 0.717) is 6.54 Å². The lowest BCUT2D eigenvalue weighted by molar-refractivity contribution is 0.824. The molecule has 2 heterocycles. The van der Waals surface area contributed by atoms with Crippen LogP contribution in [0.15, 0.2) is 6.20 Å². The van der Waals surface area contributed by atoms with Gasteiger partial charge in [0.2, 0.25) is 4.96 Å². The van der Waals surface area contributed by atoms with Gasteiger partial charge in [-0.05, 0) is 6.92 Å². The molecule has 2 rings (SSSR count). The van der Waals surface area contributed by atoms with Crippen LogP contribution >= 0.6 is 36.2 Å². The van der Waals surface area contributed by atoms with Gasteiger partial charge in [0.1, 0.15) is 5.01 Å². The van der Waals surface area contributed by atoms with Crippen LogP contribution in [0.3, 0.4) is 0 Å². The quantitative estimate of drug-likeness (QED) is 0.812. The first-order valence-electron chi connectivity index (χ1n) is 3.31. The number of imidazole rings is 1. The lowest BCUT2D eigenvalue weighted by Crippen LogP contribution is -1.95. The molecule has 0 atom stereocenters. The van der Waals surface area contributed by atoms with E-state index in [2.05, 4.69) is 10.1 Å². The van der Waals surface area contributed by atoms with Crippen LogP contribution < -0.4 is 5.73 Å². The fraction of sp³-hybridized carbons (Fsp3) is 0.333. The molecule has 14 heavy (non-hydrogen) atoms. The van der Waals surface area contributed by atoms with Gasteiger partial charge in [-0.3, -0.25) is 0 Å². The molecule has 0 fully saturated rings. The SMILES string of the molecule is Cc1nn2cc(CN)nc2s1.Cl.Cl.O. The second kappa shape index (κ2) is 6.15. The summed E-state index contributed by atoms with van der Waals surface area (Å²) in [6, 6.07) is 0. The van der Waals surface area contributed by atoms with Crippen molar-refractivity contribution in [2.24, 2.45) is 5.73 Å². The fourth-order valence-electron chi connectivity index (χ4n) is 0.943. The number of aromatic nitrogens is 3. The maximum Gasteiger partial charge on any atom is 0.212 e. The van der Waals surface area contributed by atoms with E-state index >= 15 is 0 Å². The average molecular weight is 259 g/mol. The highest BCUT2D eigenvalue weighted by atomic mass is 35.5. The van der Waals surface area contributed by atoms with Gasteiger partial charge in [-0.15, -0.1) is 24.8 Å². The predicted molar refractivity (Wildman–Crippen MR) is 61.6 cm³/mol. The van der Waals surface area contributed by atoms with E-state index in [4.69, 9.17) is 5.73 Å². The molecule has 2 aromatic heterocycles. The third-order valence-corrected chi connectivity index (χ3v) is 2.24. The molecule has 5 nitrogen and oxygen atoms in total. The first-order valence-corrected chi connectivity index (χ1v) is 4.13. The maximum absolute atomic E-state index is 5.41. The van der Waals surface area contributed by atoms with Gasteiger partial charge in [0, 0.05) is 6.54 Å². The highest BCUT2D eigenvalue weighted by molar-refractivity contribution is 7.16. The van der Waals surface area contributed by atoms with Crippen LogP contribution in [0.2, 0.25) is 0 Å². The van der Waals surface area contributed by atoms with E-state index in [1.165, 1.54) is 0 Å². The van der Waals surface area contributed by atoms with Crippen LogP contribution in [0.5, 0.6) is 0 Å². The van der Waals surface area contributed by atoms with E-state index in [9.17, 15) is 0 Å². The zero-order chi connectivity index (χ0) is 7.84. The molecule has 0 radical (unpaired) electrons. The van der Waals surface area contributed by atoms with Crippen molar-refractivity contribution in [3.63, 3.8) is 0 Å². The molecule has 0 amide bonds. The standard InChI is InChI=1S/C6H8N4S.2ClH.H2O/c1-4-9-10-3-5(2-7)8-6(10)11-4;;;/h3H,2,7H2,1H3;2*1H;1H2. The van der Waals surface area contributed by atoms with Gasteiger partial charge < -0.3 is 11.2 Å². The van der Waals surface area contributed by atoms with Crippen LogP contribution in [0.1, 0.15) is 10.7 Å². The first kappa shape index (κ1) is 16.0. The molecule has 0 bridgehead atoms. The lowest BCUT2D eigenvalue weighted by Gasteiger charge is -1.80. The number of halogens is 2. The maximum atomic E-state index is 5.41. The monoisotopic (exact) mass is 258 g/mol. The Bertz CT molecular complexity index is 356. The van der Waals surface area contributed by atoms with E-state index in [-0.39, 0.29) is 30.3 Å². The summed E-state index contributed by atoms with van der Waals surface area (Å²) in [7, 11) is 0. The van der Waals surface area contributed by atoms with Gasteiger partial charge in [-0.2, -0.15) is 5.10 Å². The molecule has 2 aromatic rings. The minimum atomic E-state index is 0. The lowest BCUT2D eigenvalue weighted by atomic mass is 10.5. The van der Waals surface area contributed by atoms with E-state index in [1.54, 1.807) is 15.9 Å². The number of rotatable bonds is 1. The molecule has 0 aliphatic carbocycles. The summed E-state index contributed by atoms with van der Waals surface area (Å²) < 4.78 is 1.77. The summed E-state index contributed by atoms with van der Waals surface area (Å²) >= 11 is 1.57. The van der Waals surface area contributed by atoms with Crippen molar-refractivity contribution >= 4 is 41.1 Å². The van der Waals surface area contributed by atoms with Gasteiger partial charge in [-0.25, -0.2) is 9.50 Å². The van der Waals surface area contributed by atoms with Gasteiger partial charge in [0.25, 0.3) is 0 Å². The van der Waals surface area contributed by atoms with E-state index in [1.807, 2.05) is 13.1 Å². The Balaban J connectivity index is 0. The van der Waals surface area contributed by atoms with Crippen LogP contribution in [0, 0.1) is 6.92 Å². The van der Waals surface area contributed by atoms with E-state index < -0.39 is 0 Å². The second-order valence-electron chi connectivity index (χ2n) is 2.28. The highest BCUT2D eigenvalue weighted by Crippen LogP contribution is 2.12. The normalized spacial score (nSPS) is 8.71. The fourth-order valence-corrected chi connectivity index (χ4v) is 1.69. The van der Waals surface area contributed by atoms with Gasteiger partial charge in [0.15, 0.2) is 0 Å². The van der Waals surface area contributed by atoms with Crippen molar-refractivity contribution in [2.45, 2.75) is 13.5 Å². The number of fused-ring (bicyclic) bond motifs is 1. The topological polar surface area (TPSA) is 87.7 Å². The molecule has 8 heteroatoms. The zero-order valence-corrected chi connectivity index (χ0v) is 9.88. The van der Waals surface area contributed by atoms with Gasteiger partial charge >= 0.3 is 0 Å². The molecule has 0 aromatic carbocycles. The Labute approximate surface area is 97.5 Å². The van der Waals surface area contributed by atoms with Crippen LogP contribution in [0.4, 0.5) is 0 Å². The van der Waals surface area contributed by atoms with Crippen molar-refractivity contribution < 1.29 is 5.48 Å². The number of hydrogen-bond acceptors (Lipinski definition) is 4. The van der Waals surface area contributed by atoms with Crippen molar-refractivity contribution in [1.29, 1.82) is 0 Å². The number of aryl methyl sites for hydroxylation is 1.